The summed E-state index contributed by atoms with van der Waals surface area (Å²) < 4.78 is 15.5. The average Bonchev–Trinajstić information content (AvgIpc) is 3.35. The van der Waals surface area contributed by atoms with Crippen molar-refractivity contribution in [2.24, 2.45) is 0 Å². The number of carbonyl (C=O) groups excluding carboxylic acids is 3. The standard InChI is InChI=1S/C23H21ClN2O8/c1-32-22(30)17(7-13-5-3-2-4-6-13)26-21(29)16(10-20(27)28)25(23(26)31)11-14-8-18-19(9-15(14)24)34-12-33-18/h2-6,8-9,16-17H,7,10-12H2,1H3,(H,27,28)/t16-,17-/m0/s1. The first-order valence-electron chi connectivity index (χ1n) is 10.4. The molecule has 0 radical (unpaired) electrons. The highest BCUT2D eigenvalue weighted by Gasteiger charge is 2.51. The Morgan fingerprint density at radius 2 is 1.85 bits per heavy atom. The number of aliphatic carboxylic acids is 1. The molecule has 0 bridgehead atoms. The molecule has 4 rings (SSSR count). The third-order valence-electron chi connectivity index (χ3n) is 5.66. The number of nitrogens with zero attached hydrogens (tertiary/aromatic N) is 2. The third-order valence-corrected chi connectivity index (χ3v) is 6.01. The molecule has 2 aliphatic heterocycles. The van der Waals surface area contributed by atoms with E-state index in [1.165, 1.54) is 6.07 Å². The number of fused-ring (bicyclic) bond motifs is 1. The topological polar surface area (TPSA) is 123 Å². The molecule has 11 heteroatoms. The Hall–Kier alpha value is -3.79. The van der Waals surface area contributed by atoms with Crippen molar-refractivity contribution in [3.63, 3.8) is 0 Å². The van der Waals surface area contributed by atoms with Crippen LogP contribution in [-0.2, 0) is 32.1 Å². The van der Waals surface area contributed by atoms with Gasteiger partial charge >= 0.3 is 18.0 Å². The van der Waals surface area contributed by atoms with Gasteiger partial charge in [0.2, 0.25) is 6.79 Å². The van der Waals surface area contributed by atoms with Gasteiger partial charge < -0.3 is 24.2 Å². The summed E-state index contributed by atoms with van der Waals surface area (Å²) in [6.07, 6.45) is -0.619. The Labute approximate surface area is 199 Å². The number of esters is 1. The van der Waals surface area contributed by atoms with E-state index in [1.807, 2.05) is 0 Å². The van der Waals surface area contributed by atoms with Crippen LogP contribution in [0.3, 0.4) is 0 Å². The van der Waals surface area contributed by atoms with Crippen LogP contribution in [0.1, 0.15) is 17.5 Å². The predicted octanol–water partition coefficient (Wildman–Crippen LogP) is 2.46. The Balaban J connectivity index is 1.68. The van der Waals surface area contributed by atoms with Crippen LogP contribution < -0.4 is 9.47 Å². The van der Waals surface area contributed by atoms with Crippen LogP contribution in [0, 0.1) is 0 Å². The molecule has 0 unspecified atom stereocenters. The molecule has 10 nitrogen and oxygen atoms in total. The lowest BCUT2D eigenvalue weighted by atomic mass is 10.0. The summed E-state index contributed by atoms with van der Waals surface area (Å²) in [6, 6.07) is 8.52. The van der Waals surface area contributed by atoms with Crippen molar-refractivity contribution in [2.45, 2.75) is 31.5 Å². The fraction of sp³-hybridized carbons (Fsp3) is 0.304. The van der Waals surface area contributed by atoms with E-state index in [0.29, 0.717) is 22.6 Å². The Morgan fingerprint density at radius 3 is 2.50 bits per heavy atom. The Bertz CT molecular complexity index is 1140. The summed E-state index contributed by atoms with van der Waals surface area (Å²) in [5.41, 5.74) is 1.13. The van der Waals surface area contributed by atoms with Crippen molar-refractivity contribution >= 4 is 35.5 Å². The molecule has 2 aromatic rings. The lowest BCUT2D eigenvalue weighted by molar-refractivity contribution is -0.150. The monoisotopic (exact) mass is 488 g/mol. The summed E-state index contributed by atoms with van der Waals surface area (Å²) >= 11 is 6.34. The quantitative estimate of drug-likeness (QED) is 0.444. The number of hydrogen-bond donors (Lipinski definition) is 1. The molecule has 2 heterocycles. The molecule has 1 fully saturated rings. The van der Waals surface area contributed by atoms with Crippen LogP contribution in [0.25, 0.3) is 0 Å². The zero-order valence-corrected chi connectivity index (χ0v) is 18.9. The maximum Gasteiger partial charge on any atom is 0.329 e. The van der Waals surface area contributed by atoms with E-state index in [9.17, 15) is 24.3 Å². The summed E-state index contributed by atoms with van der Waals surface area (Å²) in [7, 11) is 1.16. The van der Waals surface area contributed by atoms with E-state index < -0.39 is 42.4 Å². The van der Waals surface area contributed by atoms with Crippen LogP contribution in [0.15, 0.2) is 42.5 Å². The van der Waals surface area contributed by atoms with Gasteiger partial charge in [0.1, 0.15) is 12.1 Å². The largest absolute Gasteiger partial charge is 0.481 e. The summed E-state index contributed by atoms with van der Waals surface area (Å²) in [5, 5.41) is 9.65. The van der Waals surface area contributed by atoms with Crippen LogP contribution in [0.4, 0.5) is 4.79 Å². The van der Waals surface area contributed by atoms with Crippen LogP contribution >= 0.6 is 11.6 Å². The van der Waals surface area contributed by atoms with Gasteiger partial charge in [-0.05, 0) is 17.2 Å². The lowest BCUT2D eigenvalue weighted by Gasteiger charge is -2.24. The van der Waals surface area contributed by atoms with Gasteiger partial charge in [0, 0.05) is 24.1 Å². The molecule has 1 saturated heterocycles. The van der Waals surface area contributed by atoms with Crippen molar-refractivity contribution in [3.05, 3.63) is 58.6 Å². The second-order valence-electron chi connectivity index (χ2n) is 7.76. The summed E-state index contributed by atoms with van der Waals surface area (Å²) in [4.78, 5) is 52.8. The van der Waals surface area contributed by atoms with E-state index >= 15 is 0 Å². The van der Waals surface area contributed by atoms with Crippen molar-refractivity contribution in [1.82, 2.24) is 9.80 Å². The molecule has 0 aliphatic carbocycles. The first-order valence-corrected chi connectivity index (χ1v) is 10.7. The maximum atomic E-state index is 13.4. The van der Waals surface area contributed by atoms with Crippen molar-refractivity contribution in [3.8, 4) is 11.5 Å². The number of carbonyl (C=O) groups is 4. The zero-order valence-electron chi connectivity index (χ0n) is 18.1. The van der Waals surface area contributed by atoms with Gasteiger partial charge in [-0.15, -0.1) is 0 Å². The smallest absolute Gasteiger partial charge is 0.329 e. The van der Waals surface area contributed by atoms with Gasteiger partial charge in [0.25, 0.3) is 5.91 Å². The van der Waals surface area contributed by atoms with E-state index in [2.05, 4.69) is 0 Å². The SMILES string of the molecule is COC(=O)[C@H](Cc1ccccc1)N1C(=O)[C@H](CC(=O)O)N(Cc2cc3c(cc2Cl)OCO3)C1=O. The molecule has 0 aromatic heterocycles. The van der Waals surface area contributed by atoms with Crippen LogP contribution in [-0.4, -0.2) is 64.8 Å². The van der Waals surface area contributed by atoms with E-state index in [4.69, 9.17) is 25.8 Å². The zero-order chi connectivity index (χ0) is 24.4. The highest BCUT2D eigenvalue weighted by Crippen LogP contribution is 2.38. The molecule has 2 aromatic carbocycles. The molecule has 34 heavy (non-hydrogen) atoms. The molecule has 2 aliphatic rings. The molecule has 0 saturated carbocycles. The number of rotatable bonds is 8. The average molecular weight is 489 g/mol. The molecular weight excluding hydrogens is 468 g/mol. The number of hydrogen-bond acceptors (Lipinski definition) is 7. The number of halogens is 1. The van der Waals surface area contributed by atoms with Crippen molar-refractivity contribution in [2.75, 3.05) is 13.9 Å². The Kier molecular flexibility index (Phi) is 6.60. The number of imide groups is 1. The minimum atomic E-state index is -1.32. The maximum absolute atomic E-state index is 13.4. The molecule has 0 spiro atoms. The number of carboxylic acids is 1. The summed E-state index contributed by atoms with van der Waals surface area (Å²) in [5.74, 6) is -2.00. The normalized spacial score (nSPS) is 17.8. The second-order valence-corrected chi connectivity index (χ2v) is 8.17. The van der Waals surface area contributed by atoms with Crippen molar-refractivity contribution in [1.29, 1.82) is 0 Å². The highest BCUT2D eigenvalue weighted by atomic mass is 35.5. The predicted molar refractivity (Wildman–Crippen MR) is 117 cm³/mol. The number of urea groups is 1. The lowest BCUT2D eigenvalue weighted by Crippen LogP contribution is -2.47. The number of benzene rings is 2. The van der Waals surface area contributed by atoms with E-state index in [0.717, 1.165) is 16.9 Å². The number of carboxylic acid groups (broad SMARTS) is 1. The highest BCUT2D eigenvalue weighted by molar-refractivity contribution is 6.31. The fourth-order valence-corrected chi connectivity index (χ4v) is 4.22. The molecule has 1 N–H and O–H groups in total. The van der Waals surface area contributed by atoms with Gasteiger partial charge in [-0.25, -0.2) is 14.5 Å². The van der Waals surface area contributed by atoms with Crippen LogP contribution in [0.5, 0.6) is 11.5 Å². The van der Waals surface area contributed by atoms with Crippen molar-refractivity contribution < 1.29 is 38.5 Å². The Morgan fingerprint density at radius 1 is 1.18 bits per heavy atom. The van der Waals surface area contributed by atoms with Crippen LogP contribution in [0.2, 0.25) is 5.02 Å². The first kappa shape index (κ1) is 23.4. The second kappa shape index (κ2) is 9.60. The fourth-order valence-electron chi connectivity index (χ4n) is 4.00. The van der Waals surface area contributed by atoms with E-state index in [-0.39, 0.29) is 24.8 Å². The van der Waals surface area contributed by atoms with Gasteiger partial charge in [0.05, 0.1) is 13.5 Å². The minimum Gasteiger partial charge on any atom is -0.481 e. The molecule has 2 atom stereocenters. The number of amides is 3. The first-order chi connectivity index (χ1) is 16.3. The third kappa shape index (κ3) is 4.49. The molecular formula is C23H21ClN2O8. The molecule has 3 amide bonds. The number of ether oxygens (including phenoxy) is 3. The van der Waals surface area contributed by atoms with Gasteiger partial charge in [0.15, 0.2) is 11.5 Å². The summed E-state index contributed by atoms with van der Waals surface area (Å²) in [6.45, 7) is -0.153. The number of methoxy groups -OCH3 is 1. The van der Waals surface area contributed by atoms with E-state index in [1.54, 1.807) is 36.4 Å². The minimum absolute atomic E-state index is 0.0173. The van der Waals surface area contributed by atoms with Gasteiger partial charge in [-0.3, -0.25) is 9.59 Å². The van der Waals surface area contributed by atoms with Gasteiger partial charge in [-0.2, -0.15) is 0 Å². The molecule has 178 valence electrons. The van der Waals surface area contributed by atoms with Gasteiger partial charge in [-0.1, -0.05) is 41.9 Å².